The molecule has 0 aliphatic rings. The molecular weight excluding hydrogens is 364 g/mol. The molecule has 3 rings (SSSR count). The summed E-state index contributed by atoms with van der Waals surface area (Å²) < 4.78 is 53.1. The van der Waals surface area contributed by atoms with Gasteiger partial charge in [-0.1, -0.05) is 24.3 Å². The minimum Gasteiger partial charge on any atom is -0.377 e. The van der Waals surface area contributed by atoms with E-state index in [1.165, 1.54) is 24.3 Å². The molecule has 2 aromatic carbocycles. The van der Waals surface area contributed by atoms with E-state index in [0.29, 0.717) is 11.2 Å². The highest BCUT2D eigenvalue weighted by Crippen LogP contribution is 2.27. The summed E-state index contributed by atoms with van der Waals surface area (Å²) in [5.74, 6) is 0.0576. The largest absolute Gasteiger partial charge is 0.377 e. The molecule has 0 radical (unpaired) electrons. The van der Waals surface area contributed by atoms with Gasteiger partial charge >= 0.3 is 10.1 Å². The smallest absolute Gasteiger partial charge is 0.339 e. The molecule has 1 aromatic heterocycles. The van der Waals surface area contributed by atoms with Gasteiger partial charge in [0.1, 0.15) is 10.4 Å². The summed E-state index contributed by atoms with van der Waals surface area (Å²) in [5, 5.41) is 5.76. The SMILES string of the molecule is Cc1ccc2cccc(OS(=O)(=O)c3cccc(S(N)(=O)=O)c3)c2n1. The first kappa shape index (κ1) is 17.3. The van der Waals surface area contributed by atoms with Crippen LogP contribution in [0.4, 0.5) is 0 Å². The van der Waals surface area contributed by atoms with Crippen molar-refractivity contribution in [2.75, 3.05) is 0 Å². The van der Waals surface area contributed by atoms with E-state index in [1.807, 2.05) is 0 Å². The third-order valence-corrected chi connectivity index (χ3v) is 5.59. The van der Waals surface area contributed by atoms with Crippen molar-refractivity contribution in [1.82, 2.24) is 4.98 Å². The number of nitrogens with zero attached hydrogens (tertiary/aromatic N) is 1. The van der Waals surface area contributed by atoms with Crippen LogP contribution in [0.25, 0.3) is 10.9 Å². The predicted octanol–water partition coefficient (Wildman–Crippen LogP) is 1.96. The normalized spacial score (nSPS) is 12.2. The molecule has 0 fully saturated rings. The number of rotatable bonds is 4. The summed E-state index contributed by atoms with van der Waals surface area (Å²) in [6.07, 6.45) is 0. The number of aromatic nitrogens is 1. The van der Waals surface area contributed by atoms with E-state index in [1.54, 1.807) is 31.2 Å². The fourth-order valence-corrected chi connectivity index (χ4v) is 3.88. The van der Waals surface area contributed by atoms with Gasteiger partial charge in [0.15, 0.2) is 5.75 Å². The molecular formula is C16H14N2O5S2. The topological polar surface area (TPSA) is 116 Å². The summed E-state index contributed by atoms with van der Waals surface area (Å²) >= 11 is 0. The Bertz CT molecular complexity index is 1170. The van der Waals surface area contributed by atoms with E-state index in [0.717, 1.165) is 11.5 Å². The fraction of sp³-hybridized carbons (Fsp3) is 0.0625. The quantitative estimate of drug-likeness (QED) is 0.694. The third kappa shape index (κ3) is 3.63. The molecule has 0 saturated carbocycles. The van der Waals surface area contributed by atoms with Crippen molar-refractivity contribution in [3.05, 3.63) is 60.3 Å². The molecule has 130 valence electrons. The number of hydrogen-bond acceptors (Lipinski definition) is 6. The van der Waals surface area contributed by atoms with E-state index in [-0.39, 0.29) is 15.5 Å². The maximum atomic E-state index is 12.5. The second kappa shape index (κ2) is 6.10. The van der Waals surface area contributed by atoms with Crippen LogP contribution in [0.2, 0.25) is 0 Å². The Hall–Kier alpha value is -2.49. The maximum absolute atomic E-state index is 12.5. The van der Waals surface area contributed by atoms with Crippen molar-refractivity contribution in [1.29, 1.82) is 0 Å². The lowest BCUT2D eigenvalue weighted by Crippen LogP contribution is -2.14. The van der Waals surface area contributed by atoms with Crippen LogP contribution >= 0.6 is 0 Å². The maximum Gasteiger partial charge on any atom is 0.339 e. The summed E-state index contributed by atoms with van der Waals surface area (Å²) in [4.78, 5) is 3.67. The van der Waals surface area contributed by atoms with Crippen molar-refractivity contribution in [2.45, 2.75) is 16.7 Å². The highest BCUT2D eigenvalue weighted by atomic mass is 32.2. The zero-order valence-electron chi connectivity index (χ0n) is 13.1. The molecule has 25 heavy (non-hydrogen) atoms. The predicted molar refractivity (Wildman–Crippen MR) is 92.1 cm³/mol. The number of hydrogen-bond donors (Lipinski definition) is 1. The minimum absolute atomic E-state index is 0.0576. The number of pyridine rings is 1. The Morgan fingerprint density at radius 2 is 1.60 bits per heavy atom. The molecule has 2 N–H and O–H groups in total. The number of nitrogens with two attached hydrogens (primary N) is 1. The Morgan fingerprint density at radius 1 is 0.920 bits per heavy atom. The van der Waals surface area contributed by atoms with Gasteiger partial charge < -0.3 is 4.18 Å². The molecule has 0 bridgehead atoms. The van der Waals surface area contributed by atoms with Gasteiger partial charge in [-0.25, -0.2) is 18.5 Å². The molecule has 0 saturated heterocycles. The van der Waals surface area contributed by atoms with Gasteiger partial charge in [-0.05, 0) is 37.3 Å². The first-order valence-electron chi connectivity index (χ1n) is 7.10. The second-order valence-electron chi connectivity index (χ2n) is 5.34. The number of fused-ring (bicyclic) bond motifs is 1. The molecule has 1 heterocycles. The molecule has 0 spiro atoms. The van der Waals surface area contributed by atoms with E-state index in [9.17, 15) is 16.8 Å². The van der Waals surface area contributed by atoms with Gasteiger partial charge in [0.2, 0.25) is 10.0 Å². The third-order valence-electron chi connectivity index (χ3n) is 3.44. The number of primary sulfonamides is 1. The summed E-state index contributed by atoms with van der Waals surface area (Å²) in [7, 11) is -8.29. The van der Waals surface area contributed by atoms with Gasteiger partial charge in [0.05, 0.1) is 4.90 Å². The Balaban J connectivity index is 2.08. The lowest BCUT2D eigenvalue weighted by molar-refractivity contribution is 0.488. The summed E-state index contributed by atoms with van der Waals surface area (Å²) in [6, 6.07) is 13.2. The molecule has 3 aromatic rings. The van der Waals surface area contributed by atoms with E-state index < -0.39 is 20.1 Å². The van der Waals surface area contributed by atoms with Gasteiger partial charge in [-0.3, -0.25) is 0 Å². The van der Waals surface area contributed by atoms with Crippen molar-refractivity contribution >= 4 is 31.0 Å². The standard InChI is InChI=1S/C16H14N2O5S2/c1-11-8-9-12-4-2-7-15(16(12)18-11)23-25(21,22)14-6-3-5-13(10-14)24(17,19)20/h2-10H,1H3,(H2,17,19,20). The van der Waals surface area contributed by atoms with Gasteiger partial charge in [-0.15, -0.1) is 0 Å². The van der Waals surface area contributed by atoms with Gasteiger partial charge in [-0.2, -0.15) is 8.42 Å². The lowest BCUT2D eigenvalue weighted by Gasteiger charge is -2.10. The lowest BCUT2D eigenvalue weighted by atomic mass is 10.2. The Morgan fingerprint density at radius 3 is 2.32 bits per heavy atom. The van der Waals surface area contributed by atoms with E-state index in [2.05, 4.69) is 4.98 Å². The van der Waals surface area contributed by atoms with Crippen molar-refractivity contribution in [3.63, 3.8) is 0 Å². The number of sulfonamides is 1. The monoisotopic (exact) mass is 378 g/mol. The number of para-hydroxylation sites is 1. The molecule has 0 aliphatic heterocycles. The average Bonchev–Trinajstić information content (AvgIpc) is 2.54. The highest BCUT2D eigenvalue weighted by molar-refractivity contribution is 7.89. The van der Waals surface area contributed by atoms with Crippen LogP contribution < -0.4 is 9.32 Å². The van der Waals surface area contributed by atoms with E-state index >= 15 is 0 Å². The first-order valence-corrected chi connectivity index (χ1v) is 10.1. The molecule has 0 amide bonds. The molecule has 0 atom stereocenters. The average molecular weight is 378 g/mol. The van der Waals surface area contributed by atoms with Crippen LogP contribution in [-0.2, 0) is 20.1 Å². The van der Waals surface area contributed by atoms with Gasteiger partial charge in [0.25, 0.3) is 0 Å². The van der Waals surface area contributed by atoms with Crippen molar-refractivity contribution in [3.8, 4) is 5.75 Å². The van der Waals surface area contributed by atoms with Crippen LogP contribution in [0.3, 0.4) is 0 Å². The second-order valence-corrected chi connectivity index (χ2v) is 8.45. The van der Waals surface area contributed by atoms with Crippen LogP contribution in [0.1, 0.15) is 5.69 Å². The van der Waals surface area contributed by atoms with Crippen molar-refractivity contribution < 1.29 is 21.0 Å². The Kier molecular flexibility index (Phi) is 4.23. The minimum atomic E-state index is -4.26. The summed E-state index contributed by atoms with van der Waals surface area (Å²) in [6.45, 7) is 1.78. The van der Waals surface area contributed by atoms with Crippen LogP contribution in [0.5, 0.6) is 5.75 Å². The molecule has 9 heteroatoms. The first-order chi connectivity index (χ1) is 11.7. The number of aryl methyl sites for hydroxylation is 1. The zero-order valence-corrected chi connectivity index (χ0v) is 14.7. The summed E-state index contributed by atoms with van der Waals surface area (Å²) in [5.41, 5.74) is 1.10. The van der Waals surface area contributed by atoms with Crippen LogP contribution in [0, 0.1) is 6.92 Å². The van der Waals surface area contributed by atoms with Crippen LogP contribution in [-0.4, -0.2) is 21.8 Å². The zero-order chi connectivity index (χ0) is 18.2. The number of benzene rings is 2. The van der Waals surface area contributed by atoms with E-state index in [4.69, 9.17) is 9.32 Å². The van der Waals surface area contributed by atoms with Gasteiger partial charge in [0, 0.05) is 11.1 Å². The molecule has 0 unspecified atom stereocenters. The van der Waals surface area contributed by atoms with Crippen molar-refractivity contribution in [2.24, 2.45) is 5.14 Å². The molecule has 7 nitrogen and oxygen atoms in total. The van der Waals surface area contributed by atoms with Crippen LogP contribution in [0.15, 0.2) is 64.4 Å². The Labute approximate surface area is 145 Å². The highest BCUT2D eigenvalue weighted by Gasteiger charge is 2.21. The fourth-order valence-electron chi connectivity index (χ4n) is 2.26. The molecule has 0 aliphatic carbocycles.